The molecule has 3 saturated carbocycles. The predicted octanol–water partition coefficient (Wildman–Crippen LogP) is 6.59. The molecule has 1 saturated heterocycles. The Hall–Kier alpha value is -0.530. The van der Waals surface area contributed by atoms with Crippen molar-refractivity contribution < 1.29 is 4.79 Å². The maximum Gasteiger partial charge on any atom is 0.220 e. The minimum absolute atomic E-state index is 0.303. The Labute approximate surface area is 174 Å². The topological polar surface area (TPSA) is 29.1 Å². The zero-order valence-corrected chi connectivity index (χ0v) is 19.2. The van der Waals surface area contributed by atoms with Gasteiger partial charge in [0.15, 0.2) is 0 Å². The lowest BCUT2D eigenvalue weighted by Crippen LogP contribution is -2.61. The van der Waals surface area contributed by atoms with Crippen molar-refractivity contribution in [3.8, 4) is 0 Å². The van der Waals surface area contributed by atoms with E-state index >= 15 is 0 Å². The Balaban J connectivity index is 1.47. The third kappa shape index (κ3) is 3.35. The number of carbonyl (C=O) groups excluding carboxylic acids is 1. The van der Waals surface area contributed by atoms with Gasteiger partial charge in [-0.2, -0.15) is 0 Å². The van der Waals surface area contributed by atoms with Gasteiger partial charge in [0, 0.05) is 12.5 Å². The van der Waals surface area contributed by atoms with Crippen LogP contribution in [0, 0.1) is 46.3 Å². The highest BCUT2D eigenvalue weighted by molar-refractivity contribution is 5.77. The third-order valence-corrected chi connectivity index (χ3v) is 10.3. The van der Waals surface area contributed by atoms with Gasteiger partial charge in [0.25, 0.3) is 0 Å². The average Bonchev–Trinajstić information content (AvgIpc) is 2.99. The molecule has 4 fully saturated rings. The summed E-state index contributed by atoms with van der Waals surface area (Å²) in [6, 6.07) is 0.450. The summed E-state index contributed by atoms with van der Waals surface area (Å²) in [4.78, 5) is 12.0. The molecule has 1 heterocycles. The number of carbonyl (C=O) groups is 1. The zero-order chi connectivity index (χ0) is 20.1. The molecule has 0 spiro atoms. The van der Waals surface area contributed by atoms with Crippen LogP contribution in [0.2, 0.25) is 0 Å². The number of piperidine rings is 1. The SMILES string of the molecule is CC(C)CCC[C@@H](C)[C@H]1CC[C@H]2[C@@H]3CC[C@H]4NC(=O)CC[C@]4(C)[C@H]3CC[C@]12C. The summed E-state index contributed by atoms with van der Waals surface area (Å²) in [6.07, 6.45) is 14.5. The van der Waals surface area contributed by atoms with E-state index in [-0.39, 0.29) is 0 Å². The summed E-state index contributed by atoms with van der Waals surface area (Å²) in [6.45, 7) is 12.5. The molecule has 4 rings (SSSR count). The highest BCUT2D eigenvalue weighted by atomic mass is 16.1. The maximum absolute atomic E-state index is 12.0. The summed E-state index contributed by atoms with van der Waals surface area (Å²) in [5.41, 5.74) is 0.943. The van der Waals surface area contributed by atoms with Crippen molar-refractivity contribution >= 4 is 5.91 Å². The maximum atomic E-state index is 12.0. The molecule has 0 aromatic carbocycles. The molecule has 2 nitrogen and oxygen atoms in total. The van der Waals surface area contributed by atoms with E-state index in [0.29, 0.717) is 22.8 Å². The van der Waals surface area contributed by atoms with Crippen LogP contribution in [0.15, 0.2) is 0 Å². The Morgan fingerprint density at radius 2 is 1.68 bits per heavy atom. The molecular weight excluding hydrogens is 342 g/mol. The Morgan fingerprint density at radius 3 is 2.43 bits per heavy atom. The summed E-state index contributed by atoms with van der Waals surface area (Å²) in [5, 5.41) is 3.38. The van der Waals surface area contributed by atoms with Gasteiger partial charge in [0.1, 0.15) is 0 Å². The van der Waals surface area contributed by atoms with Crippen LogP contribution in [0.3, 0.4) is 0 Å². The minimum atomic E-state index is 0.303. The van der Waals surface area contributed by atoms with Crippen molar-refractivity contribution in [1.82, 2.24) is 5.32 Å². The second-order valence-electron chi connectivity index (χ2n) is 12.1. The molecule has 0 aromatic rings. The van der Waals surface area contributed by atoms with Crippen LogP contribution in [-0.4, -0.2) is 11.9 Å². The molecule has 8 atom stereocenters. The van der Waals surface area contributed by atoms with E-state index in [1.807, 2.05) is 0 Å². The monoisotopic (exact) mass is 387 g/mol. The average molecular weight is 388 g/mol. The van der Waals surface area contributed by atoms with Gasteiger partial charge in [-0.1, -0.05) is 53.9 Å². The molecule has 0 aromatic heterocycles. The van der Waals surface area contributed by atoms with E-state index in [1.165, 1.54) is 57.8 Å². The first-order valence-corrected chi connectivity index (χ1v) is 12.5. The smallest absolute Gasteiger partial charge is 0.220 e. The fourth-order valence-electron chi connectivity index (χ4n) is 8.73. The van der Waals surface area contributed by atoms with Crippen molar-refractivity contribution in [3.63, 3.8) is 0 Å². The zero-order valence-electron chi connectivity index (χ0n) is 19.2. The Kier molecular flexibility index (Phi) is 5.64. The van der Waals surface area contributed by atoms with E-state index in [1.54, 1.807) is 0 Å². The quantitative estimate of drug-likeness (QED) is 0.566. The number of hydrogen-bond acceptors (Lipinski definition) is 1. The first-order chi connectivity index (χ1) is 13.3. The van der Waals surface area contributed by atoms with Crippen molar-refractivity contribution in [2.45, 2.75) is 111 Å². The highest BCUT2D eigenvalue weighted by Gasteiger charge is 2.60. The summed E-state index contributed by atoms with van der Waals surface area (Å²) in [7, 11) is 0. The molecule has 1 aliphatic heterocycles. The molecular formula is C26H45NO. The van der Waals surface area contributed by atoms with Crippen molar-refractivity contribution in [3.05, 3.63) is 0 Å². The lowest BCUT2D eigenvalue weighted by atomic mass is 9.46. The number of fused-ring (bicyclic) bond motifs is 5. The van der Waals surface area contributed by atoms with Crippen LogP contribution in [0.4, 0.5) is 0 Å². The largest absolute Gasteiger partial charge is 0.353 e. The molecule has 160 valence electrons. The number of rotatable bonds is 5. The second kappa shape index (κ2) is 7.62. The van der Waals surface area contributed by atoms with Crippen LogP contribution in [0.25, 0.3) is 0 Å². The van der Waals surface area contributed by atoms with Gasteiger partial charge in [-0.15, -0.1) is 0 Å². The van der Waals surface area contributed by atoms with Crippen LogP contribution < -0.4 is 5.32 Å². The lowest BCUT2D eigenvalue weighted by Gasteiger charge is -2.60. The summed E-state index contributed by atoms with van der Waals surface area (Å²) >= 11 is 0. The summed E-state index contributed by atoms with van der Waals surface area (Å²) < 4.78 is 0. The van der Waals surface area contributed by atoms with Crippen LogP contribution >= 0.6 is 0 Å². The first-order valence-electron chi connectivity index (χ1n) is 12.5. The molecule has 1 amide bonds. The highest BCUT2D eigenvalue weighted by Crippen LogP contribution is 2.66. The first kappa shape index (κ1) is 20.7. The lowest BCUT2D eigenvalue weighted by molar-refractivity contribution is -0.137. The minimum Gasteiger partial charge on any atom is -0.353 e. The summed E-state index contributed by atoms with van der Waals surface area (Å²) in [5.74, 6) is 5.70. The van der Waals surface area contributed by atoms with Gasteiger partial charge in [-0.25, -0.2) is 0 Å². The normalized spacial score (nSPS) is 46.5. The fourth-order valence-corrected chi connectivity index (χ4v) is 8.73. The van der Waals surface area contributed by atoms with E-state index < -0.39 is 0 Å². The van der Waals surface area contributed by atoms with Gasteiger partial charge in [-0.3, -0.25) is 4.79 Å². The Morgan fingerprint density at radius 1 is 0.929 bits per heavy atom. The molecule has 0 unspecified atom stereocenters. The standard InChI is InChI=1S/C26H45NO/c1-17(2)7-6-8-18(3)20-10-11-21-19-9-12-23-26(5,16-14-24(28)27-23)22(19)13-15-25(20,21)4/h17-23H,6-16H2,1-5H3,(H,27,28)/t18-,19+,20-,21+,22+,23-,25-,26-/m1/s1. The molecule has 1 N–H and O–H groups in total. The molecule has 3 aliphatic carbocycles. The number of hydrogen-bond donors (Lipinski definition) is 1. The predicted molar refractivity (Wildman–Crippen MR) is 117 cm³/mol. The second-order valence-corrected chi connectivity index (χ2v) is 12.1. The molecule has 0 bridgehead atoms. The van der Waals surface area contributed by atoms with Crippen molar-refractivity contribution in [1.29, 1.82) is 0 Å². The van der Waals surface area contributed by atoms with Crippen LogP contribution in [0.1, 0.15) is 105 Å². The van der Waals surface area contributed by atoms with Crippen LogP contribution in [-0.2, 0) is 4.79 Å². The molecule has 2 heteroatoms. The third-order valence-electron chi connectivity index (χ3n) is 10.3. The van der Waals surface area contributed by atoms with Crippen molar-refractivity contribution in [2.24, 2.45) is 46.3 Å². The molecule has 0 radical (unpaired) electrons. The van der Waals surface area contributed by atoms with Gasteiger partial charge >= 0.3 is 0 Å². The van der Waals surface area contributed by atoms with Crippen LogP contribution in [0.5, 0.6) is 0 Å². The fraction of sp³-hybridized carbons (Fsp3) is 0.962. The van der Waals surface area contributed by atoms with Gasteiger partial charge in [-0.05, 0) is 91.3 Å². The van der Waals surface area contributed by atoms with Gasteiger partial charge < -0.3 is 5.32 Å². The molecule has 4 aliphatic rings. The number of nitrogens with one attached hydrogen (secondary N) is 1. The van der Waals surface area contributed by atoms with Gasteiger partial charge in [0.2, 0.25) is 5.91 Å². The van der Waals surface area contributed by atoms with Gasteiger partial charge in [0.05, 0.1) is 0 Å². The van der Waals surface area contributed by atoms with E-state index in [2.05, 4.69) is 39.9 Å². The number of amides is 1. The Bertz CT molecular complexity index is 585. The molecule has 28 heavy (non-hydrogen) atoms. The van der Waals surface area contributed by atoms with Crippen molar-refractivity contribution in [2.75, 3.05) is 0 Å². The van der Waals surface area contributed by atoms with E-state index in [4.69, 9.17) is 0 Å². The van der Waals surface area contributed by atoms with E-state index in [0.717, 1.165) is 48.3 Å². The van der Waals surface area contributed by atoms with E-state index in [9.17, 15) is 4.79 Å².